The Hall–Kier alpha value is -7.68. The molecular weight excluding hydrogens is 685 g/mol. The molecule has 0 amide bonds. The van der Waals surface area contributed by atoms with E-state index in [2.05, 4.69) is 103 Å². The van der Waals surface area contributed by atoms with E-state index in [4.69, 9.17) is 19.7 Å². The lowest BCUT2D eigenvalue weighted by molar-refractivity contribution is 0.439. The van der Waals surface area contributed by atoms with Gasteiger partial charge in [0.15, 0.2) is 17.5 Å². The van der Waals surface area contributed by atoms with Crippen LogP contribution in [-0.2, 0) is 5.41 Å². The molecule has 0 saturated carbocycles. The molecule has 9 aromatic rings. The normalized spacial score (nSPS) is 12.9. The zero-order valence-electron chi connectivity index (χ0n) is 30.0. The van der Waals surface area contributed by atoms with Gasteiger partial charge >= 0.3 is 0 Å². The zero-order valence-corrected chi connectivity index (χ0v) is 30.0. The van der Waals surface area contributed by atoms with Crippen LogP contribution in [0.25, 0.3) is 67.2 Å². The van der Waals surface area contributed by atoms with Gasteiger partial charge < -0.3 is 4.74 Å². The molecule has 5 nitrogen and oxygen atoms in total. The molecule has 0 bridgehead atoms. The van der Waals surface area contributed by atoms with Crippen LogP contribution >= 0.6 is 0 Å². The third-order valence-electron chi connectivity index (χ3n) is 11.3. The number of para-hydroxylation sites is 2. The third-order valence-corrected chi connectivity index (χ3v) is 11.3. The maximum atomic E-state index is 10.1. The van der Waals surface area contributed by atoms with Crippen molar-refractivity contribution in [1.82, 2.24) is 15.0 Å². The van der Waals surface area contributed by atoms with Gasteiger partial charge in [-0.25, -0.2) is 15.0 Å². The summed E-state index contributed by atoms with van der Waals surface area (Å²) in [5.74, 6) is 3.14. The first-order chi connectivity index (χ1) is 27.7. The van der Waals surface area contributed by atoms with E-state index in [1.165, 1.54) is 22.3 Å². The summed E-state index contributed by atoms with van der Waals surface area (Å²) in [6, 6.07) is 64.8. The monoisotopic (exact) mass is 714 g/mol. The molecule has 260 valence electrons. The van der Waals surface area contributed by atoms with Crippen molar-refractivity contribution in [2.45, 2.75) is 5.41 Å². The highest BCUT2D eigenvalue weighted by atomic mass is 16.5. The second-order valence-electron chi connectivity index (χ2n) is 14.2. The Morgan fingerprint density at radius 1 is 0.375 bits per heavy atom. The lowest BCUT2D eigenvalue weighted by atomic mass is 9.65. The van der Waals surface area contributed by atoms with Crippen molar-refractivity contribution in [3.05, 3.63) is 210 Å². The van der Waals surface area contributed by atoms with Crippen molar-refractivity contribution in [2.75, 3.05) is 0 Å². The topological polar surface area (TPSA) is 71.7 Å². The molecule has 2 aliphatic rings. The highest BCUT2D eigenvalue weighted by molar-refractivity contribution is 6.02. The summed E-state index contributed by atoms with van der Waals surface area (Å²) < 4.78 is 7.40. The molecule has 2 heterocycles. The Morgan fingerprint density at radius 3 is 1.45 bits per heavy atom. The number of benzene rings is 8. The third kappa shape index (κ3) is 4.57. The molecule has 8 aromatic carbocycles. The van der Waals surface area contributed by atoms with E-state index >= 15 is 0 Å². The van der Waals surface area contributed by atoms with Gasteiger partial charge in [0.05, 0.1) is 22.6 Å². The largest absolute Gasteiger partial charge is 0.455 e. The first-order valence-corrected chi connectivity index (χ1v) is 18.7. The first kappa shape index (κ1) is 31.8. The van der Waals surface area contributed by atoms with Crippen molar-refractivity contribution in [3.8, 4) is 74.0 Å². The van der Waals surface area contributed by atoms with Gasteiger partial charge in [-0.1, -0.05) is 170 Å². The smallest absolute Gasteiger partial charge is 0.167 e. The van der Waals surface area contributed by atoms with Crippen molar-refractivity contribution < 1.29 is 4.74 Å². The van der Waals surface area contributed by atoms with Crippen LogP contribution in [-0.4, -0.2) is 15.0 Å². The van der Waals surface area contributed by atoms with Crippen molar-refractivity contribution >= 4 is 10.8 Å². The predicted molar refractivity (Wildman–Crippen MR) is 221 cm³/mol. The van der Waals surface area contributed by atoms with Crippen LogP contribution < -0.4 is 4.74 Å². The number of ether oxygens (including phenoxy) is 1. The predicted octanol–water partition coefficient (Wildman–Crippen LogP) is 12.0. The van der Waals surface area contributed by atoms with Crippen molar-refractivity contribution in [2.24, 2.45) is 0 Å². The number of rotatable bonds is 4. The van der Waals surface area contributed by atoms with E-state index in [1.54, 1.807) is 0 Å². The van der Waals surface area contributed by atoms with Crippen LogP contribution in [0.5, 0.6) is 11.5 Å². The Labute approximate surface area is 323 Å². The minimum absolute atomic E-state index is 0.522. The maximum absolute atomic E-state index is 10.1. The first-order valence-electron chi connectivity index (χ1n) is 18.7. The summed E-state index contributed by atoms with van der Waals surface area (Å²) in [7, 11) is 0. The number of fused-ring (bicyclic) bond motifs is 10. The van der Waals surface area contributed by atoms with Gasteiger partial charge in [0.1, 0.15) is 11.5 Å². The van der Waals surface area contributed by atoms with Gasteiger partial charge in [-0.3, -0.25) is 0 Å². The van der Waals surface area contributed by atoms with Crippen molar-refractivity contribution in [3.63, 3.8) is 0 Å². The molecule has 0 radical (unpaired) electrons. The standard InChI is InChI=1S/C51H30N4O/c52-31-34-29-30-37(36-20-8-7-19-35(34)36)40-23-13-27-44-46(40)56-47-41(50-54-48(32-15-3-1-4-16-32)53-49(55-50)33-17-5-2-6-18-33)24-14-28-45(47)51(44)42-25-11-9-21-38(42)39-22-10-12-26-43(39)51/h1-30H. The number of hydrogen-bond acceptors (Lipinski definition) is 5. The summed E-state index contributed by atoms with van der Waals surface area (Å²) in [5.41, 5.74) is 11.3. The number of hydrogen-bond donors (Lipinski definition) is 0. The molecule has 0 atom stereocenters. The van der Waals surface area contributed by atoms with Gasteiger partial charge in [-0.15, -0.1) is 0 Å². The maximum Gasteiger partial charge on any atom is 0.167 e. The van der Waals surface area contributed by atoms with Crippen LogP contribution in [0, 0.1) is 11.3 Å². The summed E-state index contributed by atoms with van der Waals surface area (Å²) in [5, 5.41) is 11.9. The minimum atomic E-state index is -0.720. The van der Waals surface area contributed by atoms with E-state index in [1.807, 2.05) is 84.9 Å². The summed E-state index contributed by atoms with van der Waals surface area (Å²) in [6.45, 7) is 0. The Balaban J connectivity index is 1.24. The Kier molecular flexibility index (Phi) is 7.07. The lowest BCUT2D eigenvalue weighted by Crippen LogP contribution is -2.32. The molecule has 11 rings (SSSR count). The van der Waals surface area contributed by atoms with Crippen LogP contribution in [0.4, 0.5) is 0 Å². The second kappa shape index (κ2) is 12.4. The van der Waals surface area contributed by atoms with Gasteiger partial charge in [-0.05, 0) is 45.3 Å². The van der Waals surface area contributed by atoms with E-state index in [0.717, 1.165) is 55.5 Å². The molecule has 0 unspecified atom stereocenters. The number of nitriles is 1. The van der Waals surface area contributed by atoms with Gasteiger partial charge in [0, 0.05) is 33.2 Å². The Bertz CT molecular complexity index is 2970. The molecule has 0 N–H and O–H groups in total. The summed E-state index contributed by atoms with van der Waals surface area (Å²) in [4.78, 5) is 15.3. The van der Waals surface area contributed by atoms with Crippen LogP contribution in [0.3, 0.4) is 0 Å². The average molecular weight is 715 g/mol. The average Bonchev–Trinajstić information content (AvgIpc) is 3.57. The van der Waals surface area contributed by atoms with Gasteiger partial charge in [-0.2, -0.15) is 5.26 Å². The van der Waals surface area contributed by atoms with E-state index in [0.29, 0.717) is 28.8 Å². The van der Waals surface area contributed by atoms with Crippen LogP contribution in [0.15, 0.2) is 182 Å². The quantitative estimate of drug-likeness (QED) is 0.181. The zero-order chi connectivity index (χ0) is 37.2. The number of nitrogens with zero attached hydrogens (tertiary/aromatic N) is 4. The molecule has 1 spiro atoms. The minimum Gasteiger partial charge on any atom is -0.455 e. The molecule has 56 heavy (non-hydrogen) atoms. The van der Waals surface area contributed by atoms with Crippen molar-refractivity contribution in [1.29, 1.82) is 5.26 Å². The SMILES string of the molecule is N#Cc1ccc(-c2cccc3c2Oc2c(-c4nc(-c5ccccc5)nc(-c5ccccc5)n4)cccc2C32c3ccccc3-c3ccccc32)c2ccccc12. The van der Waals surface area contributed by atoms with Crippen LogP contribution in [0.2, 0.25) is 0 Å². The van der Waals surface area contributed by atoms with E-state index in [9.17, 15) is 5.26 Å². The second-order valence-corrected chi connectivity index (χ2v) is 14.2. The fourth-order valence-corrected chi connectivity index (χ4v) is 8.90. The van der Waals surface area contributed by atoms with Crippen LogP contribution in [0.1, 0.15) is 27.8 Å². The van der Waals surface area contributed by atoms with Gasteiger partial charge in [0.25, 0.3) is 0 Å². The molecule has 5 heteroatoms. The molecular formula is C51H30N4O. The molecule has 0 fully saturated rings. The number of aromatic nitrogens is 3. The molecule has 1 aromatic heterocycles. The van der Waals surface area contributed by atoms with Gasteiger partial charge in [0.2, 0.25) is 0 Å². The highest BCUT2D eigenvalue weighted by Crippen LogP contribution is 2.64. The summed E-state index contributed by atoms with van der Waals surface area (Å²) in [6.07, 6.45) is 0. The van der Waals surface area contributed by atoms with E-state index < -0.39 is 5.41 Å². The molecule has 1 aliphatic heterocycles. The lowest BCUT2D eigenvalue weighted by Gasteiger charge is -2.40. The fraction of sp³-hybridized carbons (Fsp3) is 0.0196. The molecule has 0 saturated heterocycles. The molecule has 1 aliphatic carbocycles. The highest BCUT2D eigenvalue weighted by Gasteiger charge is 2.52. The summed E-state index contributed by atoms with van der Waals surface area (Å²) >= 11 is 0. The van der Waals surface area contributed by atoms with E-state index in [-0.39, 0.29) is 0 Å². The Morgan fingerprint density at radius 2 is 0.839 bits per heavy atom. The fourth-order valence-electron chi connectivity index (χ4n) is 8.90.